The van der Waals surface area contributed by atoms with E-state index in [2.05, 4.69) is 70.6 Å². The Morgan fingerprint density at radius 1 is 0.950 bits per heavy atom. The number of anilines is 2. The second-order valence-electron chi connectivity index (χ2n) is 4.85. The molecule has 0 saturated heterocycles. The first kappa shape index (κ1) is 12.5. The number of benzene rings is 2. The maximum Gasteiger partial charge on any atom is 0.128 e. The lowest BCUT2D eigenvalue weighted by molar-refractivity contribution is 0.931. The molecular formula is C17H17N3. The van der Waals surface area contributed by atoms with E-state index < -0.39 is 0 Å². The SMILES string of the molecule is Cc1ccc(N(Cc2ccccc2)c2ccn[nH]2)cc1. The summed E-state index contributed by atoms with van der Waals surface area (Å²) in [6, 6.07) is 21.0. The van der Waals surface area contributed by atoms with Crippen molar-refractivity contribution >= 4 is 11.5 Å². The predicted molar refractivity (Wildman–Crippen MR) is 82.1 cm³/mol. The van der Waals surface area contributed by atoms with Gasteiger partial charge in [0.2, 0.25) is 0 Å². The van der Waals surface area contributed by atoms with Gasteiger partial charge in [-0.2, -0.15) is 5.10 Å². The number of hydrogen-bond acceptors (Lipinski definition) is 2. The highest BCUT2D eigenvalue weighted by Crippen LogP contribution is 2.25. The zero-order valence-corrected chi connectivity index (χ0v) is 11.5. The molecule has 0 atom stereocenters. The van der Waals surface area contributed by atoms with E-state index in [1.54, 1.807) is 6.20 Å². The van der Waals surface area contributed by atoms with Crippen LogP contribution in [0.25, 0.3) is 0 Å². The molecule has 0 spiro atoms. The molecule has 0 radical (unpaired) electrons. The van der Waals surface area contributed by atoms with Gasteiger partial charge < -0.3 is 4.90 Å². The molecule has 3 nitrogen and oxygen atoms in total. The summed E-state index contributed by atoms with van der Waals surface area (Å²) in [5.74, 6) is 0.998. The molecule has 3 heteroatoms. The summed E-state index contributed by atoms with van der Waals surface area (Å²) >= 11 is 0. The number of aromatic amines is 1. The molecule has 1 aromatic heterocycles. The number of nitrogens with one attached hydrogen (secondary N) is 1. The van der Waals surface area contributed by atoms with Crippen molar-refractivity contribution in [1.82, 2.24) is 10.2 Å². The lowest BCUT2D eigenvalue weighted by Gasteiger charge is -2.23. The van der Waals surface area contributed by atoms with Crippen LogP contribution in [0.5, 0.6) is 0 Å². The number of nitrogens with zero attached hydrogens (tertiary/aromatic N) is 2. The minimum atomic E-state index is 0.812. The minimum Gasteiger partial charge on any atom is -0.322 e. The Bertz CT molecular complexity index is 642. The molecule has 100 valence electrons. The van der Waals surface area contributed by atoms with Crippen molar-refractivity contribution in [3.63, 3.8) is 0 Å². The van der Waals surface area contributed by atoms with E-state index in [9.17, 15) is 0 Å². The molecule has 3 aromatic rings. The molecule has 20 heavy (non-hydrogen) atoms. The number of H-pyrrole nitrogens is 1. The van der Waals surface area contributed by atoms with Crippen molar-refractivity contribution in [1.29, 1.82) is 0 Å². The summed E-state index contributed by atoms with van der Waals surface area (Å²) in [6.45, 7) is 2.91. The van der Waals surface area contributed by atoms with E-state index >= 15 is 0 Å². The van der Waals surface area contributed by atoms with Crippen molar-refractivity contribution in [3.8, 4) is 0 Å². The Labute approximate surface area is 118 Å². The Hall–Kier alpha value is -2.55. The van der Waals surface area contributed by atoms with Crippen molar-refractivity contribution in [2.24, 2.45) is 0 Å². The maximum atomic E-state index is 4.06. The van der Waals surface area contributed by atoms with E-state index in [4.69, 9.17) is 0 Å². The van der Waals surface area contributed by atoms with Crippen molar-refractivity contribution in [3.05, 3.63) is 78.0 Å². The van der Waals surface area contributed by atoms with Gasteiger partial charge in [-0.15, -0.1) is 0 Å². The van der Waals surface area contributed by atoms with Gasteiger partial charge in [-0.1, -0.05) is 48.0 Å². The molecule has 0 fully saturated rings. The second-order valence-corrected chi connectivity index (χ2v) is 4.85. The number of rotatable bonds is 4. The molecule has 0 amide bonds. The largest absolute Gasteiger partial charge is 0.322 e. The lowest BCUT2D eigenvalue weighted by Crippen LogP contribution is -2.16. The Balaban J connectivity index is 1.94. The molecule has 0 bridgehead atoms. The molecule has 1 N–H and O–H groups in total. The van der Waals surface area contributed by atoms with Crippen molar-refractivity contribution in [2.75, 3.05) is 4.90 Å². The number of aromatic nitrogens is 2. The monoisotopic (exact) mass is 263 g/mol. The van der Waals surface area contributed by atoms with Gasteiger partial charge in [-0.25, -0.2) is 0 Å². The van der Waals surface area contributed by atoms with Crippen LogP contribution in [0.15, 0.2) is 66.9 Å². The molecule has 0 aliphatic heterocycles. The van der Waals surface area contributed by atoms with Crippen molar-refractivity contribution < 1.29 is 0 Å². The number of aryl methyl sites for hydroxylation is 1. The molecular weight excluding hydrogens is 246 g/mol. The van der Waals surface area contributed by atoms with Gasteiger partial charge >= 0.3 is 0 Å². The third-order valence-corrected chi connectivity index (χ3v) is 3.31. The van der Waals surface area contributed by atoms with Crippen LogP contribution in [0.2, 0.25) is 0 Å². The van der Waals surface area contributed by atoms with Crippen LogP contribution in [-0.4, -0.2) is 10.2 Å². The normalized spacial score (nSPS) is 10.4. The van der Waals surface area contributed by atoms with Gasteiger partial charge in [0.05, 0.1) is 6.20 Å². The highest BCUT2D eigenvalue weighted by molar-refractivity contribution is 5.60. The summed E-state index contributed by atoms with van der Waals surface area (Å²) in [5, 5.41) is 7.11. The summed E-state index contributed by atoms with van der Waals surface area (Å²) < 4.78 is 0. The van der Waals surface area contributed by atoms with Crippen LogP contribution in [-0.2, 0) is 6.54 Å². The van der Waals surface area contributed by atoms with Crippen LogP contribution >= 0.6 is 0 Å². The fraction of sp³-hybridized carbons (Fsp3) is 0.118. The highest BCUT2D eigenvalue weighted by atomic mass is 15.3. The van der Waals surface area contributed by atoms with Gasteiger partial charge in [-0.3, -0.25) is 5.10 Å². The summed E-state index contributed by atoms with van der Waals surface area (Å²) in [6.07, 6.45) is 1.78. The predicted octanol–water partition coefficient (Wildman–Crippen LogP) is 4.06. The Morgan fingerprint density at radius 2 is 1.70 bits per heavy atom. The van der Waals surface area contributed by atoms with E-state index in [1.165, 1.54) is 11.1 Å². The second kappa shape index (κ2) is 5.61. The zero-order valence-electron chi connectivity index (χ0n) is 11.5. The molecule has 0 saturated carbocycles. The fourth-order valence-electron chi connectivity index (χ4n) is 2.21. The van der Waals surface area contributed by atoms with E-state index in [0.717, 1.165) is 18.1 Å². The van der Waals surface area contributed by atoms with Gasteiger partial charge in [0.1, 0.15) is 5.82 Å². The molecule has 2 aromatic carbocycles. The van der Waals surface area contributed by atoms with Gasteiger partial charge in [0, 0.05) is 18.3 Å². The lowest BCUT2D eigenvalue weighted by atomic mass is 10.1. The molecule has 3 rings (SSSR count). The topological polar surface area (TPSA) is 31.9 Å². The quantitative estimate of drug-likeness (QED) is 0.770. The Morgan fingerprint density at radius 3 is 2.35 bits per heavy atom. The van der Waals surface area contributed by atoms with E-state index in [-0.39, 0.29) is 0 Å². The van der Waals surface area contributed by atoms with Crippen LogP contribution in [0.3, 0.4) is 0 Å². The fourth-order valence-corrected chi connectivity index (χ4v) is 2.21. The summed E-state index contributed by atoms with van der Waals surface area (Å²) in [7, 11) is 0. The van der Waals surface area contributed by atoms with Gasteiger partial charge in [-0.05, 0) is 24.6 Å². The van der Waals surface area contributed by atoms with Crippen LogP contribution < -0.4 is 4.90 Å². The molecule has 0 aliphatic carbocycles. The average molecular weight is 263 g/mol. The first-order valence-electron chi connectivity index (χ1n) is 6.70. The molecule has 1 heterocycles. The highest BCUT2D eigenvalue weighted by Gasteiger charge is 2.10. The number of hydrogen-bond donors (Lipinski definition) is 1. The van der Waals surface area contributed by atoms with E-state index in [0.29, 0.717) is 0 Å². The maximum absolute atomic E-state index is 4.06. The first-order valence-corrected chi connectivity index (χ1v) is 6.70. The van der Waals surface area contributed by atoms with Gasteiger partial charge in [0.15, 0.2) is 0 Å². The Kier molecular flexibility index (Phi) is 3.50. The van der Waals surface area contributed by atoms with Crippen LogP contribution in [0.1, 0.15) is 11.1 Å². The van der Waals surface area contributed by atoms with Crippen molar-refractivity contribution in [2.45, 2.75) is 13.5 Å². The third kappa shape index (κ3) is 2.72. The van der Waals surface area contributed by atoms with Crippen LogP contribution in [0.4, 0.5) is 11.5 Å². The summed E-state index contributed by atoms with van der Waals surface area (Å²) in [5.41, 5.74) is 3.68. The molecule has 0 unspecified atom stereocenters. The minimum absolute atomic E-state index is 0.812. The van der Waals surface area contributed by atoms with E-state index in [1.807, 2.05) is 12.1 Å². The van der Waals surface area contributed by atoms with Crippen LogP contribution in [0, 0.1) is 6.92 Å². The first-order chi connectivity index (χ1) is 9.83. The standard InChI is InChI=1S/C17H17N3/c1-14-7-9-16(10-8-14)20(17-11-12-18-19-17)13-15-5-3-2-4-6-15/h2-12H,13H2,1H3,(H,18,19). The average Bonchev–Trinajstić information content (AvgIpc) is 3.01. The smallest absolute Gasteiger partial charge is 0.128 e. The third-order valence-electron chi connectivity index (χ3n) is 3.31. The summed E-state index contributed by atoms with van der Waals surface area (Å²) in [4.78, 5) is 2.22. The molecule has 0 aliphatic rings. The van der Waals surface area contributed by atoms with Gasteiger partial charge in [0.25, 0.3) is 0 Å². The zero-order chi connectivity index (χ0) is 13.8.